The monoisotopic (exact) mass is 247 g/mol. The predicted octanol–water partition coefficient (Wildman–Crippen LogP) is 2.90. The first-order valence-corrected chi connectivity index (χ1v) is 7.22. The molecule has 100 valence electrons. The molecule has 2 N–H and O–H groups in total. The van der Waals surface area contributed by atoms with Gasteiger partial charge in [0.25, 0.3) is 0 Å². The Kier molecular flexibility index (Phi) is 5.21. The first-order valence-electron chi connectivity index (χ1n) is 7.22. The maximum Gasteiger partial charge on any atom is 0.0541 e. The van der Waals surface area contributed by atoms with Crippen LogP contribution in [0, 0.1) is 0 Å². The molecule has 0 spiro atoms. The van der Waals surface area contributed by atoms with E-state index in [0.717, 1.165) is 32.1 Å². The highest BCUT2D eigenvalue weighted by Crippen LogP contribution is 2.19. The molecule has 1 aliphatic carbocycles. The molecular weight excluding hydrogens is 222 g/mol. The molecule has 0 radical (unpaired) electrons. The van der Waals surface area contributed by atoms with Crippen molar-refractivity contribution in [2.45, 2.75) is 63.6 Å². The summed E-state index contributed by atoms with van der Waals surface area (Å²) in [6.07, 6.45) is 6.44. The minimum Gasteiger partial charge on any atom is -0.393 e. The molecule has 0 unspecified atom stereocenters. The summed E-state index contributed by atoms with van der Waals surface area (Å²) in [5, 5.41) is 13.2. The highest BCUT2D eigenvalue weighted by Gasteiger charge is 2.20. The minimum absolute atomic E-state index is 0.0531. The molecule has 0 heterocycles. The van der Waals surface area contributed by atoms with Crippen molar-refractivity contribution in [3.8, 4) is 0 Å². The van der Waals surface area contributed by atoms with Crippen LogP contribution >= 0.6 is 0 Å². The number of aryl methyl sites for hydroxylation is 1. The molecule has 0 aliphatic heterocycles. The van der Waals surface area contributed by atoms with E-state index in [2.05, 4.69) is 42.6 Å². The van der Waals surface area contributed by atoms with Gasteiger partial charge in [-0.3, -0.25) is 0 Å². The quantitative estimate of drug-likeness (QED) is 0.838. The van der Waals surface area contributed by atoms with Crippen LogP contribution in [-0.2, 0) is 6.42 Å². The highest BCUT2D eigenvalue weighted by molar-refractivity contribution is 5.14. The van der Waals surface area contributed by atoms with E-state index >= 15 is 0 Å². The molecule has 2 heteroatoms. The van der Waals surface area contributed by atoms with Crippen molar-refractivity contribution in [2.24, 2.45) is 0 Å². The number of aliphatic hydroxyl groups is 1. The van der Waals surface area contributed by atoms with Gasteiger partial charge in [0.2, 0.25) is 0 Å². The van der Waals surface area contributed by atoms with Gasteiger partial charge in [-0.05, 0) is 51.0 Å². The first kappa shape index (κ1) is 13.6. The van der Waals surface area contributed by atoms with E-state index in [0.29, 0.717) is 12.1 Å². The Hall–Kier alpha value is -0.860. The normalized spacial score (nSPS) is 25.9. The van der Waals surface area contributed by atoms with Crippen molar-refractivity contribution in [3.05, 3.63) is 35.9 Å². The van der Waals surface area contributed by atoms with Crippen molar-refractivity contribution in [2.75, 3.05) is 0 Å². The fourth-order valence-electron chi connectivity index (χ4n) is 2.76. The second-order valence-electron chi connectivity index (χ2n) is 5.60. The Morgan fingerprint density at radius 2 is 1.83 bits per heavy atom. The van der Waals surface area contributed by atoms with Crippen LogP contribution in [0.3, 0.4) is 0 Å². The fourth-order valence-corrected chi connectivity index (χ4v) is 2.76. The van der Waals surface area contributed by atoms with Crippen molar-refractivity contribution in [1.29, 1.82) is 0 Å². The van der Waals surface area contributed by atoms with Gasteiger partial charge in [0.15, 0.2) is 0 Å². The lowest BCUT2D eigenvalue weighted by atomic mass is 9.92. The molecule has 0 amide bonds. The molecule has 1 aromatic rings. The van der Waals surface area contributed by atoms with E-state index in [4.69, 9.17) is 0 Å². The topological polar surface area (TPSA) is 32.3 Å². The largest absolute Gasteiger partial charge is 0.393 e. The van der Waals surface area contributed by atoms with Crippen LogP contribution in [0.4, 0.5) is 0 Å². The number of hydrogen-bond donors (Lipinski definition) is 2. The molecule has 18 heavy (non-hydrogen) atoms. The second-order valence-corrected chi connectivity index (χ2v) is 5.60. The molecule has 1 saturated carbocycles. The Morgan fingerprint density at radius 1 is 1.17 bits per heavy atom. The predicted molar refractivity (Wildman–Crippen MR) is 75.6 cm³/mol. The second kappa shape index (κ2) is 6.91. The Morgan fingerprint density at radius 3 is 2.50 bits per heavy atom. The SMILES string of the molecule is C[C@H](CCc1ccccc1)NC1CCC(O)CC1. The molecule has 2 rings (SSSR count). The van der Waals surface area contributed by atoms with E-state index in [1.807, 2.05) is 0 Å². The Labute approximate surface area is 110 Å². The summed E-state index contributed by atoms with van der Waals surface area (Å²) in [5.41, 5.74) is 1.42. The molecule has 1 atom stereocenters. The van der Waals surface area contributed by atoms with E-state index in [-0.39, 0.29) is 6.10 Å². The number of hydrogen-bond acceptors (Lipinski definition) is 2. The number of benzene rings is 1. The average Bonchev–Trinajstić information content (AvgIpc) is 2.40. The van der Waals surface area contributed by atoms with Gasteiger partial charge in [0, 0.05) is 12.1 Å². The molecule has 1 fully saturated rings. The fraction of sp³-hybridized carbons (Fsp3) is 0.625. The molecule has 0 aromatic heterocycles. The van der Waals surface area contributed by atoms with Gasteiger partial charge in [-0.15, -0.1) is 0 Å². The number of rotatable bonds is 5. The third-order valence-electron chi connectivity index (χ3n) is 3.93. The molecule has 0 saturated heterocycles. The summed E-state index contributed by atoms with van der Waals surface area (Å²) in [4.78, 5) is 0. The van der Waals surface area contributed by atoms with Crippen molar-refractivity contribution >= 4 is 0 Å². The van der Waals surface area contributed by atoms with E-state index in [1.54, 1.807) is 0 Å². The Balaban J connectivity index is 1.67. The highest BCUT2D eigenvalue weighted by atomic mass is 16.3. The summed E-state index contributed by atoms with van der Waals surface area (Å²) in [7, 11) is 0. The van der Waals surface area contributed by atoms with Crippen LogP contribution in [-0.4, -0.2) is 23.3 Å². The maximum atomic E-state index is 9.49. The van der Waals surface area contributed by atoms with Crippen LogP contribution in [0.15, 0.2) is 30.3 Å². The summed E-state index contributed by atoms with van der Waals surface area (Å²) < 4.78 is 0. The number of nitrogens with one attached hydrogen (secondary N) is 1. The zero-order chi connectivity index (χ0) is 12.8. The third kappa shape index (κ3) is 4.43. The van der Waals surface area contributed by atoms with Crippen molar-refractivity contribution < 1.29 is 5.11 Å². The Bertz CT molecular complexity index is 330. The van der Waals surface area contributed by atoms with Crippen molar-refractivity contribution in [1.82, 2.24) is 5.32 Å². The zero-order valence-corrected chi connectivity index (χ0v) is 11.3. The molecule has 2 nitrogen and oxygen atoms in total. The van der Waals surface area contributed by atoms with Gasteiger partial charge in [0.1, 0.15) is 0 Å². The summed E-state index contributed by atoms with van der Waals surface area (Å²) in [6.45, 7) is 2.27. The van der Waals surface area contributed by atoms with Gasteiger partial charge < -0.3 is 10.4 Å². The van der Waals surface area contributed by atoms with Crippen LogP contribution in [0.5, 0.6) is 0 Å². The minimum atomic E-state index is -0.0531. The summed E-state index contributed by atoms with van der Waals surface area (Å²) in [5.74, 6) is 0. The van der Waals surface area contributed by atoms with Crippen LogP contribution < -0.4 is 5.32 Å². The summed E-state index contributed by atoms with van der Waals surface area (Å²) >= 11 is 0. The van der Waals surface area contributed by atoms with E-state index < -0.39 is 0 Å². The lowest BCUT2D eigenvalue weighted by Gasteiger charge is -2.29. The van der Waals surface area contributed by atoms with Gasteiger partial charge in [-0.25, -0.2) is 0 Å². The van der Waals surface area contributed by atoms with Gasteiger partial charge in [0.05, 0.1) is 6.10 Å². The van der Waals surface area contributed by atoms with Crippen molar-refractivity contribution in [3.63, 3.8) is 0 Å². The van der Waals surface area contributed by atoms with E-state index in [1.165, 1.54) is 12.0 Å². The third-order valence-corrected chi connectivity index (χ3v) is 3.93. The molecule has 1 aliphatic rings. The standard InChI is InChI=1S/C16H25NO/c1-13(7-8-14-5-3-2-4-6-14)17-15-9-11-16(18)12-10-15/h2-6,13,15-18H,7-12H2,1H3/t13-,15?,16?/m1/s1. The molecule has 1 aromatic carbocycles. The van der Waals surface area contributed by atoms with Gasteiger partial charge in [-0.1, -0.05) is 30.3 Å². The zero-order valence-electron chi connectivity index (χ0n) is 11.3. The van der Waals surface area contributed by atoms with Gasteiger partial charge in [-0.2, -0.15) is 0 Å². The number of aliphatic hydroxyl groups excluding tert-OH is 1. The van der Waals surface area contributed by atoms with E-state index in [9.17, 15) is 5.11 Å². The van der Waals surface area contributed by atoms with Crippen LogP contribution in [0.25, 0.3) is 0 Å². The van der Waals surface area contributed by atoms with Gasteiger partial charge >= 0.3 is 0 Å². The first-order chi connectivity index (χ1) is 8.74. The lowest BCUT2D eigenvalue weighted by Crippen LogP contribution is -2.40. The van der Waals surface area contributed by atoms with Crippen LogP contribution in [0.1, 0.15) is 44.6 Å². The smallest absolute Gasteiger partial charge is 0.0541 e. The summed E-state index contributed by atoms with van der Waals surface area (Å²) in [6, 6.07) is 11.8. The molecular formula is C16H25NO. The average molecular weight is 247 g/mol. The lowest BCUT2D eigenvalue weighted by molar-refractivity contribution is 0.114. The van der Waals surface area contributed by atoms with Crippen LogP contribution in [0.2, 0.25) is 0 Å². The molecule has 0 bridgehead atoms. The maximum absolute atomic E-state index is 9.49.